The SMILES string of the molecule is COCCn1ncc(Cl)c1C(O)c1cccc(Cl)c1Cl. The lowest BCUT2D eigenvalue weighted by Crippen LogP contribution is -2.14. The van der Waals surface area contributed by atoms with Crippen LogP contribution in [0, 0.1) is 0 Å². The summed E-state index contributed by atoms with van der Waals surface area (Å²) in [5.74, 6) is 0. The zero-order valence-corrected chi connectivity index (χ0v) is 13.0. The summed E-state index contributed by atoms with van der Waals surface area (Å²) in [6.45, 7) is 0.939. The second kappa shape index (κ2) is 6.78. The van der Waals surface area contributed by atoms with Gasteiger partial charge in [-0.2, -0.15) is 5.10 Å². The first kappa shape index (κ1) is 15.6. The molecule has 0 saturated heterocycles. The van der Waals surface area contributed by atoms with Gasteiger partial charge in [0, 0.05) is 12.7 Å². The quantitative estimate of drug-likeness (QED) is 0.908. The largest absolute Gasteiger partial charge is 0.383 e. The average Bonchev–Trinajstić information content (AvgIpc) is 2.80. The van der Waals surface area contributed by atoms with E-state index in [4.69, 9.17) is 39.5 Å². The molecule has 4 nitrogen and oxygen atoms in total. The maximum atomic E-state index is 10.5. The number of halogens is 3. The molecular formula is C13H13Cl3N2O2. The van der Waals surface area contributed by atoms with Gasteiger partial charge in [-0.25, -0.2) is 0 Å². The van der Waals surface area contributed by atoms with Crippen molar-refractivity contribution in [3.05, 3.63) is 50.7 Å². The molecule has 0 radical (unpaired) electrons. The topological polar surface area (TPSA) is 47.3 Å². The van der Waals surface area contributed by atoms with Gasteiger partial charge >= 0.3 is 0 Å². The summed E-state index contributed by atoms with van der Waals surface area (Å²) < 4.78 is 6.60. The van der Waals surface area contributed by atoms with E-state index in [1.807, 2.05) is 0 Å². The Morgan fingerprint density at radius 3 is 2.75 bits per heavy atom. The van der Waals surface area contributed by atoms with Crippen molar-refractivity contribution in [3.63, 3.8) is 0 Å². The molecular weight excluding hydrogens is 323 g/mol. The third kappa shape index (κ3) is 3.10. The lowest BCUT2D eigenvalue weighted by atomic mass is 10.1. The van der Waals surface area contributed by atoms with Crippen molar-refractivity contribution in [3.8, 4) is 0 Å². The number of nitrogens with zero attached hydrogens (tertiary/aromatic N) is 2. The minimum absolute atomic E-state index is 0.303. The number of aromatic nitrogens is 2. The van der Waals surface area contributed by atoms with Crippen molar-refractivity contribution in [2.45, 2.75) is 12.6 Å². The highest BCUT2D eigenvalue weighted by Crippen LogP contribution is 2.35. The number of rotatable bonds is 5. The number of aliphatic hydroxyl groups excluding tert-OH is 1. The molecule has 0 bridgehead atoms. The van der Waals surface area contributed by atoms with E-state index in [-0.39, 0.29) is 0 Å². The lowest BCUT2D eigenvalue weighted by molar-refractivity contribution is 0.171. The van der Waals surface area contributed by atoms with E-state index in [0.29, 0.717) is 39.5 Å². The predicted octanol–water partition coefficient (Wildman–Crippen LogP) is 3.57. The molecule has 7 heteroatoms. The average molecular weight is 336 g/mol. The van der Waals surface area contributed by atoms with Crippen LogP contribution in [0.25, 0.3) is 0 Å². The van der Waals surface area contributed by atoms with Crippen LogP contribution in [-0.2, 0) is 11.3 Å². The van der Waals surface area contributed by atoms with Crippen LogP contribution in [0.2, 0.25) is 15.1 Å². The first-order valence-electron chi connectivity index (χ1n) is 5.88. The zero-order valence-electron chi connectivity index (χ0n) is 10.7. The normalized spacial score (nSPS) is 12.7. The Morgan fingerprint density at radius 2 is 2.05 bits per heavy atom. The van der Waals surface area contributed by atoms with Crippen LogP contribution >= 0.6 is 34.8 Å². The Balaban J connectivity index is 2.40. The summed E-state index contributed by atoms with van der Waals surface area (Å²) in [5, 5.41) is 15.7. The Kier molecular flexibility index (Phi) is 5.29. The Bertz CT molecular complexity index is 601. The number of hydrogen-bond acceptors (Lipinski definition) is 3. The first-order valence-corrected chi connectivity index (χ1v) is 7.01. The molecule has 2 rings (SSSR count). The van der Waals surface area contributed by atoms with E-state index in [2.05, 4.69) is 5.10 Å². The lowest BCUT2D eigenvalue weighted by Gasteiger charge is -2.16. The molecule has 1 unspecified atom stereocenters. The first-order chi connectivity index (χ1) is 9.56. The molecule has 20 heavy (non-hydrogen) atoms. The van der Waals surface area contributed by atoms with Gasteiger partial charge in [-0.3, -0.25) is 4.68 Å². The Hall–Kier alpha value is -0.780. The Labute approximate surface area is 131 Å². The van der Waals surface area contributed by atoms with Crippen LogP contribution in [0.4, 0.5) is 0 Å². The summed E-state index contributed by atoms with van der Waals surface area (Å²) in [6.07, 6.45) is 0.474. The molecule has 1 atom stereocenters. The predicted molar refractivity (Wildman–Crippen MR) is 79.6 cm³/mol. The van der Waals surface area contributed by atoms with E-state index in [1.165, 1.54) is 6.20 Å². The molecule has 2 aromatic rings. The van der Waals surface area contributed by atoms with Gasteiger partial charge in [0.2, 0.25) is 0 Å². The van der Waals surface area contributed by atoms with E-state index >= 15 is 0 Å². The maximum absolute atomic E-state index is 10.5. The molecule has 0 aliphatic rings. The summed E-state index contributed by atoms with van der Waals surface area (Å²) >= 11 is 18.2. The molecule has 0 amide bonds. The fraction of sp³-hybridized carbons (Fsp3) is 0.308. The number of benzene rings is 1. The fourth-order valence-electron chi connectivity index (χ4n) is 1.88. The minimum atomic E-state index is -1.01. The molecule has 1 heterocycles. The van der Waals surface area contributed by atoms with Crippen molar-refractivity contribution in [2.75, 3.05) is 13.7 Å². The van der Waals surface area contributed by atoms with Crippen LogP contribution in [0.3, 0.4) is 0 Å². The molecule has 0 aliphatic heterocycles. The van der Waals surface area contributed by atoms with Gasteiger partial charge in [-0.15, -0.1) is 0 Å². The number of aliphatic hydroxyl groups is 1. The van der Waals surface area contributed by atoms with Gasteiger partial charge in [0.05, 0.1) is 40.1 Å². The van der Waals surface area contributed by atoms with Crippen molar-refractivity contribution >= 4 is 34.8 Å². The monoisotopic (exact) mass is 334 g/mol. The standard InChI is InChI=1S/C13H13Cl3N2O2/c1-20-6-5-18-12(10(15)7-17-18)13(19)8-3-2-4-9(14)11(8)16/h2-4,7,13,19H,5-6H2,1H3. The van der Waals surface area contributed by atoms with E-state index in [0.717, 1.165) is 0 Å². The van der Waals surface area contributed by atoms with Gasteiger partial charge in [-0.05, 0) is 6.07 Å². The molecule has 1 N–H and O–H groups in total. The fourth-order valence-corrected chi connectivity index (χ4v) is 2.53. The molecule has 1 aromatic carbocycles. The van der Waals surface area contributed by atoms with Gasteiger partial charge in [0.15, 0.2) is 0 Å². The van der Waals surface area contributed by atoms with Gasteiger partial charge in [-0.1, -0.05) is 46.9 Å². The van der Waals surface area contributed by atoms with Crippen LogP contribution in [0.1, 0.15) is 17.4 Å². The number of ether oxygens (including phenoxy) is 1. The Morgan fingerprint density at radius 1 is 1.30 bits per heavy atom. The zero-order chi connectivity index (χ0) is 14.7. The third-order valence-corrected chi connectivity index (χ3v) is 4.00. The second-order valence-electron chi connectivity index (χ2n) is 4.14. The van der Waals surface area contributed by atoms with E-state index in [1.54, 1.807) is 30.0 Å². The van der Waals surface area contributed by atoms with Gasteiger partial charge in [0.1, 0.15) is 6.10 Å². The van der Waals surface area contributed by atoms with Crippen molar-refractivity contribution < 1.29 is 9.84 Å². The smallest absolute Gasteiger partial charge is 0.124 e. The molecule has 0 saturated carbocycles. The van der Waals surface area contributed by atoms with Crippen molar-refractivity contribution in [2.24, 2.45) is 0 Å². The highest BCUT2D eigenvalue weighted by atomic mass is 35.5. The maximum Gasteiger partial charge on any atom is 0.124 e. The van der Waals surface area contributed by atoms with Crippen molar-refractivity contribution in [1.82, 2.24) is 9.78 Å². The van der Waals surface area contributed by atoms with Gasteiger partial charge in [0.25, 0.3) is 0 Å². The second-order valence-corrected chi connectivity index (χ2v) is 5.33. The summed E-state index contributed by atoms with van der Waals surface area (Å²) in [7, 11) is 1.59. The summed E-state index contributed by atoms with van der Waals surface area (Å²) in [6, 6.07) is 5.07. The van der Waals surface area contributed by atoms with Crippen LogP contribution in [0.15, 0.2) is 24.4 Å². The van der Waals surface area contributed by atoms with Crippen molar-refractivity contribution in [1.29, 1.82) is 0 Å². The van der Waals surface area contributed by atoms with Crippen LogP contribution in [-0.4, -0.2) is 28.6 Å². The highest BCUT2D eigenvalue weighted by Gasteiger charge is 2.22. The van der Waals surface area contributed by atoms with Crippen LogP contribution < -0.4 is 0 Å². The highest BCUT2D eigenvalue weighted by molar-refractivity contribution is 6.42. The molecule has 0 fully saturated rings. The summed E-state index contributed by atoms with van der Waals surface area (Å²) in [5.41, 5.74) is 0.952. The molecule has 0 aliphatic carbocycles. The van der Waals surface area contributed by atoms with Crippen LogP contribution in [0.5, 0.6) is 0 Å². The third-order valence-electron chi connectivity index (χ3n) is 2.88. The van der Waals surface area contributed by atoms with E-state index in [9.17, 15) is 5.11 Å². The number of hydrogen-bond donors (Lipinski definition) is 1. The van der Waals surface area contributed by atoms with Gasteiger partial charge < -0.3 is 9.84 Å². The number of methoxy groups -OCH3 is 1. The minimum Gasteiger partial charge on any atom is -0.383 e. The molecule has 108 valence electrons. The summed E-state index contributed by atoms with van der Waals surface area (Å²) in [4.78, 5) is 0. The van der Waals surface area contributed by atoms with E-state index < -0.39 is 6.10 Å². The molecule has 0 spiro atoms. The molecule has 1 aromatic heterocycles.